The van der Waals surface area contributed by atoms with E-state index in [0.717, 1.165) is 0 Å². The van der Waals surface area contributed by atoms with Crippen molar-refractivity contribution < 1.29 is 13.5 Å². The normalized spacial score (nSPS) is 11.9. The minimum Gasteiger partial charge on any atom is -0.396 e. The van der Waals surface area contributed by atoms with E-state index >= 15 is 0 Å². The highest BCUT2D eigenvalue weighted by Gasteiger charge is 2.10. The van der Waals surface area contributed by atoms with Crippen molar-refractivity contribution in [3.05, 3.63) is 12.2 Å². The maximum Gasteiger partial charge on any atom is 0.212 e. The molecule has 0 saturated carbocycles. The van der Waals surface area contributed by atoms with Gasteiger partial charge in [0.1, 0.15) is 12.2 Å². The van der Waals surface area contributed by atoms with Crippen molar-refractivity contribution in [1.29, 1.82) is 0 Å². The summed E-state index contributed by atoms with van der Waals surface area (Å²) >= 11 is 0. The number of aryl methyl sites for hydroxylation is 1. The Morgan fingerprint density at radius 2 is 2.33 bits per heavy atom. The summed E-state index contributed by atoms with van der Waals surface area (Å²) in [6.45, 7) is -0.0187. The van der Waals surface area contributed by atoms with Gasteiger partial charge in [0.05, 0.1) is 12.3 Å². The molecule has 0 aliphatic heterocycles. The molecule has 0 fully saturated rings. The number of hydrogen-bond acceptors (Lipinski definition) is 5. The predicted molar refractivity (Wildman–Crippen MR) is 53.3 cm³/mol. The van der Waals surface area contributed by atoms with E-state index in [1.54, 1.807) is 11.6 Å². The van der Waals surface area contributed by atoms with E-state index in [9.17, 15) is 8.42 Å². The third kappa shape index (κ3) is 3.94. The molecule has 0 amide bonds. The fourth-order valence-electron chi connectivity index (χ4n) is 0.968. The molecule has 8 heteroatoms. The van der Waals surface area contributed by atoms with Crippen molar-refractivity contribution in [2.45, 2.75) is 13.0 Å². The minimum absolute atomic E-state index is 0.0820. The molecule has 1 heterocycles. The lowest BCUT2D eigenvalue weighted by molar-refractivity contribution is 0.295. The summed E-state index contributed by atoms with van der Waals surface area (Å²) in [7, 11) is -1.59. The summed E-state index contributed by atoms with van der Waals surface area (Å²) in [5, 5.41) is 15.9. The number of aromatic nitrogens is 3. The zero-order chi connectivity index (χ0) is 11.3. The van der Waals surface area contributed by atoms with Gasteiger partial charge in [0, 0.05) is 13.7 Å². The van der Waals surface area contributed by atoms with Crippen molar-refractivity contribution in [1.82, 2.24) is 19.5 Å². The maximum atomic E-state index is 11.3. The van der Waals surface area contributed by atoms with E-state index in [1.165, 1.54) is 6.33 Å². The lowest BCUT2D eigenvalue weighted by Crippen LogP contribution is -2.27. The third-order valence-corrected chi connectivity index (χ3v) is 3.24. The summed E-state index contributed by atoms with van der Waals surface area (Å²) in [5.74, 6) is 0.462. The van der Waals surface area contributed by atoms with Gasteiger partial charge in [-0.3, -0.25) is 0 Å². The third-order valence-electron chi connectivity index (χ3n) is 1.83. The molecule has 2 N–H and O–H groups in total. The molecule has 86 valence electrons. The zero-order valence-electron chi connectivity index (χ0n) is 8.42. The molecule has 0 saturated heterocycles. The fourth-order valence-corrected chi connectivity index (χ4v) is 1.97. The Hall–Kier alpha value is -0.990. The van der Waals surface area contributed by atoms with Gasteiger partial charge >= 0.3 is 0 Å². The summed E-state index contributed by atoms with van der Waals surface area (Å²) in [6, 6.07) is 0. The van der Waals surface area contributed by atoms with Gasteiger partial charge in [0.15, 0.2) is 0 Å². The smallest absolute Gasteiger partial charge is 0.212 e. The van der Waals surface area contributed by atoms with E-state index in [0.29, 0.717) is 5.82 Å². The topological polar surface area (TPSA) is 97.1 Å². The van der Waals surface area contributed by atoms with Crippen LogP contribution in [0.3, 0.4) is 0 Å². The molecule has 0 spiro atoms. The van der Waals surface area contributed by atoms with Crippen LogP contribution in [0.2, 0.25) is 0 Å². The Kier molecular flexibility index (Phi) is 4.18. The molecule has 0 bridgehead atoms. The highest BCUT2D eigenvalue weighted by molar-refractivity contribution is 7.89. The van der Waals surface area contributed by atoms with Gasteiger partial charge in [-0.2, -0.15) is 0 Å². The average Bonchev–Trinajstić information content (AvgIpc) is 2.58. The molecule has 0 radical (unpaired) electrons. The molecule has 1 aromatic heterocycles. The molecule has 7 nitrogen and oxygen atoms in total. The molecule has 15 heavy (non-hydrogen) atoms. The summed E-state index contributed by atoms with van der Waals surface area (Å²) in [4.78, 5) is 0. The Balaban J connectivity index is 2.46. The van der Waals surface area contributed by atoms with Crippen LogP contribution in [0.1, 0.15) is 12.2 Å². The van der Waals surface area contributed by atoms with Crippen LogP contribution < -0.4 is 4.72 Å². The number of aliphatic hydroxyl groups is 1. The first-order valence-electron chi connectivity index (χ1n) is 4.46. The van der Waals surface area contributed by atoms with Crippen molar-refractivity contribution in [3.63, 3.8) is 0 Å². The SMILES string of the molecule is Cn1cnnc1CNS(=O)(=O)CCCO. The maximum absolute atomic E-state index is 11.3. The van der Waals surface area contributed by atoms with Crippen LogP contribution in [0.5, 0.6) is 0 Å². The number of sulfonamides is 1. The van der Waals surface area contributed by atoms with Crippen LogP contribution in [0.15, 0.2) is 6.33 Å². The van der Waals surface area contributed by atoms with Gasteiger partial charge in [0.25, 0.3) is 0 Å². The lowest BCUT2D eigenvalue weighted by Gasteiger charge is -2.04. The zero-order valence-corrected chi connectivity index (χ0v) is 9.24. The second-order valence-electron chi connectivity index (χ2n) is 3.08. The highest BCUT2D eigenvalue weighted by atomic mass is 32.2. The Morgan fingerprint density at radius 3 is 2.87 bits per heavy atom. The Morgan fingerprint density at radius 1 is 1.60 bits per heavy atom. The molecule has 0 unspecified atom stereocenters. The van der Waals surface area contributed by atoms with Gasteiger partial charge < -0.3 is 9.67 Å². The van der Waals surface area contributed by atoms with E-state index in [4.69, 9.17) is 5.11 Å². The highest BCUT2D eigenvalue weighted by Crippen LogP contribution is 1.94. The van der Waals surface area contributed by atoms with Crippen molar-refractivity contribution >= 4 is 10.0 Å². The van der Waals surface area contributed by atoms with Crippen molar-refractivity contribution in [3.8, 4) is 0 Å². The monoisotopic (exact) mass is 234 g/mol. The first kappa shape index (κ1) is 12.1. The first-order valence-corrected chi connectivity index (χ1v) is 6.11. The molecule has 1 aromatic rings. The average molecular weight is 234 g/mol. The quantitative estimate of drug-likeness (QED) is 0.632. The molecule has 0 atom stereocenters. The number of rotatable bonds is 6. The second kappa shape index (κ2) is 5.19. The van der Waals surface area contributed by atoms with Gasteiger partial charge in [-0.05, 0) is 6.42 Å². The first-order chi connectivity index (χ1) is 7.05. The molecule has 1 rings (SSSR count). The van der Waals surface area contributed by atoms with Crippen LogP contribution in [0.4, 0.5) is 0 Å². The summed E-state index contributed by atoms with van der Waals surface area (Å²) < 4.78 is 26.6. The number of aliphatic hydroxyl groups excluding tert-OH is 1. The van der Waals surface area contributed by atoms with E-state index in [1.807, 2.05) is 0 Å². The van der Waals surface area contributed by atoms with Gasteiger partial charge in [0.2, 0.25) is 10.0 Å². The lowest BCUT2D eigenvalue weighted by atomic mass is 10.5. The van der Waals surface area contributed by atoms with Crippen LogP contribution in [0, 0.1) is 0 Å². The number of nitrogens with one attached hydrogen (secondary N) is 1. The minimum atomic E-state index is -3.33. The molecule has 0 aliphatic carbocycles. The van der Waals surface area contributed by atoms with Crippen LogP contribution in [-0.2, 0) is 23.6 Å². The summed E-state index contributed by atoms with van der Waals surface area (Å²) in [5.41, 5.74) is 0. The van der Waals surface area contributed by atoms with Crippen LogP contribution >= 0.6 is 0 Å². The molecule has 0 aliphatic rings. The molecular formula is C7H14N4O3S. The standard InChI is InChI=1S/C7H14N4O3S/c1-11-6-8-10-7(11)5-9-15(13,14)4-2-3-12/h6,9,12H,2-5H2,1H3. The number of hydrogen-bond donors (Lipinski definition) is 2. The molecular weight excluding hydrogens is 220 g/mol. The molecule has 0 aromatic carbocycles. The van der Waals surface area contributed by atoms with E-state index < -0.39 is 10.0 Å². The number of nitrogens with zero attached hydrogens (tertiary/aromatic N) is 3. The van der Waals surface area contributed by atoms with Crippen LogP contribution in [0.25, 0.3) is 0 Å². The van der Waals surface area contributed by atoms with Crippen LogP contribution in [-0.4, -0.2) is 40.6 Å². The van der Waals surface area contributed by atoms with Gasteiger partial charge in [-0.15, -0.1) is 10.2 Å². The van der Waals surface area contributed by atoms with Crippen molar-refractivity contribution in [2.75, 3.05) is 12.4 Å². The predicted octanol–water partition coefficient (Wildman–Crippen LogP) is -1.38. The van der Waals surface area contributed by atoms with Gasteiger partial charge in [-0.25, -0.2) is 13.1 Å². The largest absolute Gasteiger partial charge is 0.396 e. The van der Waals surface area contributed by atoms with Gasteiger partial charge in [-0.1, -0.05) is 0 Å². The fraction of sp³-hybridized carbons (Fsp3) is 0.714. The summed E-state index contributed by atoms with van der Waals surface area (Å²) in [6.07, 6.45) is 1.73. The van der Waals surface area contributed by atoms with E-state index in [2.05, 4.69) is 14.9 Å². The Bertz CT molecular complexity index is 400. The second-order valence-corrected chi connectivity index (χ2v) is 5.00. The van der Waals surface area contributed by atoms with Crippen molar-refractivity contribution in [2.24, 2.45) is 7.05 Å². The van der Waals surface area contributed by atoms with E-state index in [-0.39, 0.29) is 25.3 Å². The Labute approximate surface area is 88.2 Å².